The molecule has 0 aliphatic heterocycles. The number of hydrogen-bond donors (Lipinski definition) is 0. The molecule has 4 rings (SSSR count). The molecule has 0 atom stereocenters. The van der Waals surface area contributed by atoms with Crippen LogP contribution >= 0.6 is 0 Å². The number of benzene rings is 2. The van der Waals surface area contributed by atoms with Gasteiger partial charge in [0.05, 0.1) is 5.52 Å². The lowest BCUT2D eigenvalue weighted by Gasteiger charge is -2.05. The molecule has 0 spiro atoms. The van der Waals surface area contributed by atoms with Gasteiger partial charge < -0.3 is 4.57 Å². The minimum Gasteiger partial charge on any atom is -0.301 e. The van der Waals surface area contributed by atoms with Crippen molar-refractivity contribution >= 4 is 21.7 Å². The fraction of sp³-hybridized carbons (Fsp3) is 0. The van der Waals surface area contributed by atoms with Crippen molar-refractivity contribution in [1.82, 2.24) is 9.55 Å². The van der Waals surface area contributed by atoms with E-state index >= 15 is 0 Å². The van der Waals surface area contributed by atoms with Crippen LogP contribution in [0.15, 0.2) is 73.1 Å². The van der Waals surface area contributed by atoms with Gasteiger partial charge in [0, 0.05) is 17.8 Å². The van der Waals surface area contributed by atoms with Crippen LogP contribution in [0.4, 0.5) is 0 Å². The minimum absolute atomic E-state index is 0.958. The van der Waals surface area contributed by atoms with Crippen LogP contribution in [0.3, 0.4) is 0 Å². The van der Waals surface area contributed by atoms with Crippen LogP contribution in [0.25, 0.3) is 27.5 Å². The highest BCUT2D eigenvalue weighted by molar-refractivity contribution is 5.85. The van der Waals surface area contributed by atoms with Crippen molar-refractivity contribution in [2.75, 3.05) is 0 Å². The topological polar surface area (TPSA) is 17.8 Å². The van der Waals surface area contributed by atoms with Crippen LogP contribution in [-0.2, 0) is 0 Å². The molecule has 0 aliphatic rings. The second-order valence-electron chi connectivity index (χ2n) is 4.63. The average molecular weight is 244 g/mol. The number of fused-ring (bicyclic) bond motifs is 2. The Balaban J connectivity index is 1.99. The molecule has 2 aromatic carbocycles. The van der Waals surface area contributed by atoms with Crippen LogP contribution in [0.5, 0.6) is 0 Å². The summed E-state index contributed by atoms with van der Waals surface area (Å²) in [6.45, 7) is 0. The zero-order valence-electron chi connectivity index (χ0n) is 10.3. The SMILES string of the molecule is c1ccc2cc(-n3ccc4ccccc43)ncc2c1. The third-order valence-corrected chi connectivity index (χ3v) is 3.46. The normalized spacial score (nSPS) is 11.2. The highest BCUT2D eigenvalue weighted by Crippen LogP contribution is 2.21. The molecule has 0 bridgehead atoms. The van der Waals surface area contributed by atoms with Crippen molar-refractivity contribution < 1.29 is 0 Å². The van der Waals surface area contributed by atoms with Gasteiger partial charge in [0.25, 0.3) is 0 Å². The van der Waals surface area contributed by atoms with Crippen LogP contribution < -0.4 is 0 Å². The Morgan fingerprint density at radius 1 is 0.737 bits per heavy atom. The van der Waals surface area contributed by atoms with E-state index in [1.807, 2.05) is 12.3 Å². The van der Waals surface area contributed by atoms with Crippen molar-refractivity contribution in [3.8, 4) is 5.82 Å². The third-order valence-electron chi connectivity index (χ3n) is 3.46. The molecule has 2 heterocycles. The summed E-state index contributed by atoms with van der Waals surface area (Å²) in [4.78, 5) is 4.56. The zero-order valence-corrected chi connectivity index (χ0v) is 10.3. The molecule has 0 unspecified atom stereocenters. The lowest BCUT2D eigenvalue weighted by Crippen LogP contribution is -1.95. The average Bonchev–Trinajstić information content (AvgIpc) is 2.91. The van der Waals surface area contributed by atoms with E-state index in [1.54, 1.807) is 0 Å². The first-order valence-corrected chi connectivity index (χ1v) is 6.33. The molecule has 2 nitrogen and oxygen atoms in total. The summed E-state index contributed by atoms with van der Waals surface area (Å²) in [5.74, 6) is 0.958. The molecule has 2 aromatic heterocycles. The molecule has 0 saturated carbocycles. The molecule has 0 aliphatic carbocycles. The van der Waals surface area contributed by atoms with Gasteiger partial charge in [-0.2, -0.15) is 0 Å². The Labute approximate surface area is 110 Å². The van der Waals surface area contributed by atoms with Crippen molar-refractivity contribution in [2.24, 2.45) is 0 Å². The largest absolute Gasteiger partial charge is 0.301 e. The van der Waals surface area contributed by atoms with E-state index < -0.39 is 0 Å². The first kappa shape index (κ1) is 10.3. The van der Waals surface area contributed by atoms with Gasteiger partial charge in [-0.1, -0.05) is 42.5 Å². The molecule has 0 N–H and O–H groups in total. The maximum Gasteiger partial charge on any atom is 0.137 e. The number of nitrogens with zero attached hydrogens (tertiary/aromatic N) is 2. The second-order valence-corrected chi connectivity index (χ2v) is 4.63. The maximum atomic E-state index is 4.56. The van der Waals surface area contributed by atoms with Crippen molar-refractivity contribution in [2.45, 2.75) is 0 Å². The highest BCUT2D eigenvalue weighted by atomic mass is 15.0. The minimum atomic E-state index is 0.958. The molecular formula is C17H12N2. The van der Waals surface area contributed by atoms with Crippen LogP contribution in [0.1, 0.15) is 0 Å². The molecule has 0 amide bonds. The summed E-state index contributed by atoms with van der Waals surface area (Å²) in [5.41, 5.74) is 1.19. The number of para-hydroxylation sites is 1. The van der Waals surface area contributed by atoms with Crippen molar-refractivity contribution in [3.63, 3.8) is 0 Å². The van der Waals surface area contributed by atoms with E-state index in [1.165, 1.54) is 21.7 Å². The Bertz CT molecular complexity index is 874. The monoisotopic (exact) mass is 244 g/mol. The van der Waals surface area contributed by atoms with Crippen molar-refractivity contribution in [1.29, 1.82) is 0 Å². The summed E-state index contributed by atoms with van der Waals surface area (Å²) in [5, 5.41) is 3.62. The van der Waals surface area contributed by atoms with Gasteiger partial charge in [-0.05, 0) is 29.0 Å². The van der Waals surface area contributed by atoms with Gasteiger partial charge in [0.1, 0.15) is 5.82 Å². The van der Waals surface area contributed by atoms with E-state index in [9.17, 15) is 0 Å². The van der Waals surface area contributed by atoms with E-state index in [4.69, 9.17) is 0 Å². The molecule has 4 aromatic rings. The Morgan fingerprint density at radius 2 is 1.47 bits per heavy atom. The quantitative estimate of drug-likeness (QED) is 0.491. The van der Waals surface area contributed by atoms with Gasteiger partial charge >= 0.3 is 0 Å². The molecule has 0 saturated heterocycles. The first-order valence-electron chi connectivity index (χ1n) is 6.33. The lowest BCUT2D eigenvalue weighted by molar-refractivity contribution is 1.05. The highest BCUT2D eigenvalue weighted by Gasteiger charge is 2.04. The molecule has 0 radical (unpaired) electrons. The number of rotatable bonds is 1. The van der Waals surface area contributed by atoms with Gasteiger partial charge in [-0.15, -0.1) is 0 Å². The van der Waals surface area contributed by atoms with E-state index in [2.05, 4.69) is 70.3 Å². The summed E-state index contributed by atoms with van der Waals surface area (Å²) in [6.07, 6.45) is 4.00. The second kappa shape index (κ2) is 3.95. The standard InChI is InChI=1S/C17H12N2/c1-2-7-15-12-18-17(11-14(15)6-1)19-10-9-13-5-3-4-8-16(13)19/h1-12H. The van der Waals surface area contributed by atoms with Gasteiger partial charge in [-0.3, -0.25) is 0 Å². The third kappa shape index (κ3) is 1.61. The predicted octanol–water partition coefficient (Wildman–Crippen LogP) is 4.18. The number of hydrogen-bond acceptors (Lipinski definition) is 1. The van der Waals surface area contributed by atoms with Crippen LogP contribution in [0, 0.1) is 0 Å². The molecule has 2 heteroatoms. The molecule has 0 fully saturated rings. The number of aromatic nitrogens is 2. The van der Waals surface area contributed by atoms with Gasteiger partial charge in [0.2, 0.25) is 0 Å². The van der Waals surface area contributed by atoms with E-state index in [0.717, 1.165) is 5.82 Å². The number of pyridine rings is 1. The van der Waals surface area contributed by atoms with E-state index in [-0.39, 0.29) is 0 Å². The fourth-order valence-corrected chi connectivity index (χ4v) is 2.49. The smallest absolute Gasteiger partial charge is 0.137 e. The summed E-state index contributed by atoms with van der Waals surface area (Å²) in [7, 11) is 0. The molecule has 90 valence electrons. The molecule has 19 heavy (non-hydrogen) atoms. The summed E-state index contributed by atoms with van der Waals surface area (Å²) < 4.78 is 2.13. The fourth-order valence-electron chi connectivity index (χ4n) is 2.49. The van der Waals surface area contributed by atoms with Gasteiger partial charge in [-0.25, -0.2) is 4.98 Å². The Hall–Kier alpha value is -2.61. The Kier molecular flexibility index (Phi) is 2.15. The zero-order chi connectivity index (χ0) is 12.7. The summed E-state index contributed by atoms with van der Waals surface area (Å²) >= 11 is 0. The Morgan fingerprint density at radius 3 is 2.37 bits per heavy atom. The van der Waals surface area contributed by atoms with Gasteiger partial charge in [0.15, 0.2) is 0 Å². The van der Waals surface area contributed by atoms with Crippen LogP contribution in [0.2, 0.25) is 0 Å². The molecular weight excluding hydrogens is 232 g/mol. The first-order chi connectivity index (χ1) is 9.42. The predicted molar refractivity (Wildman–Crippen MR) is 78.6 cm³/mol. The van der Waals surface area contributed by atoms with Crippen molar-refractivity contribution in [3.05, 3.63) is 73.1 Å². The summed E-state index contributed by atoms with van der Waals surface area (Å²) in [6, 6.07) is 20.9. The van der Waals surface area contributed by atoms with Crippen LogP contribution in [-0.4, -0.2) is 9.55 Å². The lowest BCUT2D eigenvalue weighted by atomic mass is 10.2. The maximum absolute atomic E-state index is 4.56. The van der Waals surface area contributed by atoms with E-state index in [0.29, 0.717) is 0 Å².